The summed E-state index contributed by atoms with van der Waals surface area (Å²) in [5.41, 5.74) is 0.0322. The number of non-ortho nitro benzene ring substituents is 1. The van der Waals surface area contributed by atoms with Gasteiger partial charge in [0.25, 0.3) is 5.69 Å². The Balaban J connectivity index is 2.24. The van der Waals surface area contributed by atoms with Crippen LogP contribution in [0.1, 0.15) is 13.3 Å². The number of nitrogens with zero attached hydrogens (tertiary/aromatic N) is 2. The normalized spacial score (nSPS) is 12.1. The van der Waals surface area contributed by atoms with Crippen molar-refractivity contribution >= 4 is 11.7 Å². The summed E-state index contributed by atoms with van der Waals surface area (Å²) < 4.78 is 5.48. The van der Waals surface area contributed by atoms with E-state index in [1.54, 1.807) is 19.1 Å². The van der Waals surface area contributed by atoms with E-state index in [0.717, 1.165) is 13.0 Å². The van der Waals surface area contributed by atoms with E-state index in [-0.39, 0.29) is 5.69 Å². The van der Waals surface area contributed by atoms with Crippen LogP contribution in [0.3, 0.4) is 0 Å². The van der Waals surface area contributed by atoms with E-state index in [2.05, 4.69) is 0 Å². The van der Waals surface area contributed by atoms with Gasteiger partial charge >= 0.3 is 5.97 Å². The van der Waals surface area contributed by atoms with Crippen LogP contribution in [0.25, 0.3) is 0 Å². The lowest BCUT2D eigenvalue weighted by Gasteiger charge is -2.18. The van der Waals surface area contributed by atoms with Gasteiger partial charge < -0.3 is 14.7 Å². The third-order valence-corrected chi connectivity index (χ3v) is 3.01. The minimum atomic E-state index is -0.802. The van der Waals surface area contributed by atoms with Gasteiger partial charge in [0, 0.05) is 25.2 Å². The number of aliphatic carboxylic acids is 1. The summed E-state index contributed by atoms with van der Waals surface area (Å²) in [6.07, 6.45) is 0.750. The Bertz CT molecular complexity index is 475. The molecule has 1 unspecified atom stereocenters. The van der Waals surface area contributed by atoms with Gasteiger partial charge in [-0.05, 0) is 25.6 Å². The number of hydrogen-bond acceptors (Lipinski definition) is 5. The van der Waals surface area contributed by atoms with Crippen molar-refractivity contribution in [2.45, 2.75) is 13.3 Å². The van der Waals surface area contributed by atoms with Crippen LogP contribution in [0.2, 0.25) is 0 Å². The molecule has 0 bridgehead atoms. The fourth-order valence-corrected chi connectivity index (χ4v) is 1.83. The highest BCUT2D eigenvalue weighted by Crippen LogP contribution is 2.17. The first-order chi connectivity index (χ1) is 9.90. The minimum Gasteiger partial charge on any atom is -0.494 e. The Morgan fingerprint density at radius 2 is 2.05 bits per heavy atom. The molecule has 0 aliphatic heterocycles. The van der Waals surface area contributed by atoms with E-state index in [9.17, 15) is 14.9 Å². The number of carbonyl (C=O) groups is 1. The quantitative estimate of drug-likeness (QED) is 0.426. The number of benzene rings is 1. The van der Waals surface area contributed by atoms with E-state index in [1.807, 2.05) is 11.9 Å². The minimum absolute atomic E-state index is 0.0322. The largest absolute Gasteiger partial charge is 0.494 e. The second-order valence-electron chi connectivity index (χ2n) is 4.95. The first-order valence-electron chi connectivity index (χ1n) is 6.68. The Hall–Kier alpha value is -2.15. The first kappa shape index (κ1) is 16.9. The average Bonchev–Trinajstić information content (AvgIpc) is 2.44. The Kier molecular flexibility index (Phi) is 6.61. The molecule has 7 nitrogen and oxygen atoms in total. The van der Waals surface area contributed by atoms with Crippen LogP contribution in [0, 0.1) is 16.0 Å². The number of ether oxygens (including phenoxy) is 1. The van der Waals surface area contributed by atoms with Crippen LogP contribution in [0.4, 0.5) is 5.69 Å². The van der Waals surface area contributed by atoms with E-state index >= 15 is 0 Å². The number of carboxylic acids is 1. The molecule has 1 N–H and O–H groups in total. The highest BCUT2D eigenvalue weighted by molar-refractivity contribution is 5.69. The summed E-state index contributed by atoms with van der Waals surface area (Å²) in [7, 11) is 1.87. The summed E-state index contributed by atoms with van der Waals surface area (Å²) in [5, 5.41) is 19.3. The Morgan fingerprint density at radius 1 is 1.43 bits per heavy atom. The zero-order valence-corrected chi connectivity index (χ0v) is 12.2. The lowest BCUT2D eigenvalue weighted by Crippen LogP contribution is -2.30. The fraction of sp³-hybridized carbons (Fsp3) is 0.500. The molecule has 1 aromatic carbocycles. The number of nitro groups is 1. The number of rotatable bonds is 9. The maximum Gasteiger partial charge on any atom is 0.307 e. The topological polar surface area (TPSA) is 92.9 Å². The predicted molar refractivity (Wildman–Crippen MR) is 77.5 cm³/mol. The molecule has 1 rings (SSSR count). The first-order valence-corrected chi connectivity index (χ1v) is 6.68. The predicted octanol–water partition coefficient (Wildman–Crippen LogP) is 2.02. The van der Waals surface area contributed by atoms with Crippen LogP contribution < -0.4 is 4.74 Å². The maximum atomic E-state index is 10.7. The average molecular weight is 296 g/mol. The van der Waals surface area contributed by atoms with Gasteiger partial charge in [0.1, 0.15) is 5.75 Å². The van der Waals surface area contributed by atoms with Crippen LogP contribution in [-0.2, 0) is 4.79 Å². The summed E-state index contributed by atoms with van der Waals surface area (Å²) in [6.45, 7) is 3.37. The van der Waals surface area contributed by atoms with Crippen molar-refractivity contribution in [2.24, 2.45) is 5.92 Å². The van der Waals surface area contributed by atoms with Gasteiger partial charge in [-0.1, -0.05) is 6.92 Å². The van der Waals surface area contributed by atoms with Crippen molar-refractivity contribution in [3.05, 3.63) is 34.4 Å². The zero-order chi connectivity index (χ0) is 15.8. The van der Waals surface area contributed by atoms with Crippen molar-refractivity contribution in [1.29, 1.82) is 0 Å². The van der Waals surface area contributed by atoms with Crippen molar-refractivity contribution in [3.8, 4) is 5.75 Å². The third-order valence-electron chi connectivity index (χ3n) is 3.01. The van der Waals surface area contributed by atoms with Gasteiger partial charge in [-0.25, -0.2) is 0 Å². The lowest BCUT2D eigenvalue weighted by molar-refractivity contribution is -0.384. The molecule has 0 aromatic heterocycles. The monoisotopic (exact) mass is 296 g/mol. The van der Waals surface area contributed by atoms with Gasteiger partial charge in [-0.2, -0.15) is 0 Å². The van der Waals surface area contributed by atoms with E-state index in [0.29, 0.717) is 18.9 Å². The molecule has 0 radical (unpaired) electrons. The maximum absolute atomic E-state index is 10.7. The summed E-state index contributed by atoms with van der Waals surface area (Å²) in [6, 6.07) is 5.93. The van der Waals surface area contributed by atoms with E-state index in [1.165, 1.54) is 12.1 Å². The molecule has 0 saturated carbocycles. The number of nitro benzene ring substituents is 1. The molecule has 0 aliphatic rings. The molecule has 1 atom stereocenters. The zero-order valence-electron chi connectivity index (χ0n) is 12.2. The fourth-order valence-electron chi connectivity index (χ4n) is 1.83. The van der Waals surface area contributed by atoms with Gasteiger partial charge in [-0.15, -0.1) is 0 Å². The summed E-state index contributed by atoms with van der Waals surface area (Å²) in [4.78, 5) is 22.7. The van der Waals surface area contributed by atoms with Crippen molar-refractivity contribution in [3.63, 3.8) is 0 Å². The molecular formula is C14H20N2O5. The lowest BCUT2D eigenvalue weighted by atomic mass is 10.2. The van der Waals surface area contributed by atoms with Crippen LogP contribution in [-0.4, -0.2) is 47.6 Å². The molecule has 0 saturated heterocycles. The second-order valence-corrected chi connectivity index (χ2v) is 4.95. The Labute approximate surface area is 123 Å². The molecule has 0 fully saturated rings. The highest BCUT2D eigenvalue weighted by Gasteiger charge is 2.13. The van der Waals surface area contributed by atoms with Crippen LogP contribution >= 0.6 is 0 Å². The molecule has 0 heterocycles. The Morgan fingerprint density at radius 3 is 2.57 bits per heavy atom. The standard InChI is InChI=1S/C14H20N2O5/c1-11(14(17)18)10-15(2)8-3-9-21-13-6-4-12(5-7-13)16(19)20/h4-7,11H,3,8-10H2,1-2H3,(H,17,18). The second kappa shape index (κ2) is 8.21. The smallest absolute Gasteiger partial charge is 0.307 e. The van der Waals surface area contributed by atoms with Crippen LogP contribution in [0.15, 0.2) is 24.3 Å². The molecular weight excluding hydrogens is 276 g/mol. The molecule has 116 valence electrons. The SMILES string of the molecule is CC(CN(C)CCCOc1ccc([N+](=O)[O-])cc1)C(=O)O. The van der Waals surface area contributed by atoms with Crippen molar-refractivity contribution in [2.75, 3.05) is 26.7 Å². The number of hydrogen-bond donors (Lipinski definition) is 1. The number of carboxylic acid groups (broad SMARTS) is 1. The summed E-state index contributed by atoms with van der Waals surface area (Å²) in [5.74, 6) is -0.614. The molecule has 0 aliphatic carbocycles. The molecule has 1 aromatic rings. The van der Waals surface area contributed by atoms with Gasteiger partial charge in [0.2, 0.25) is 0 Å². The van der Waals surface area contributed by atoms with Crippen molar-refractivity contribution in [1.82, 2.24) is 4.90 Å². The molecule has 21 heavy (non-hydrogen) atoms. The highest BCUT2D eigenvalue weighted by atomic mass is 16.6. The molecule has 7 heteroatoms. The molecule has 0 spiro atoms. The van der Waals surface area contributed by atoms with Crippen LogP contribution in [0.5, 0.6) is 5.75 Å². The van der Waals surface area contributed by atoms with Crippen molar-refractivity contribution < 1.29 is 19.6 Å². The van der Waals surface area contributed by atoms with Gasteiger partial charge in [0.15, 0.2) is 0 Å². The third kappa shape index (κ3) is 6.22. The molecule has 0 amide bonds. The van der Waals surface area contributed by atoms with E-state index in [4.69, 9.17) is 9.84 Å². The van der Waals surface area contributed by atoms with Gasteiger partial charge in [-0.3, -0.25) is 14.9 Å². The van der Waals surface area contributed by atoms with E-state index < -0.39 is 16.8 Å². The summed E-state index contributed by atoms with van der Waals surface area (Å²) >= 11 is 0. The van der Waals surface area contributed by atoms with Gasteiger partial charge in [0.05, 0.1) is 17.4 Å².